The molecule has 2 aliphatic rings. The van der Waals surface area contributed by atoms with Crippen molar-refractivity contribution in [3.63, 3.8) is 0 Å². The largest absolute Gasteiger partial charge is 0.381 e. The van der Waals surface area contributed by atoms with Crippen LogP contribution in [0.1, 0.15) is 18.4 Å². The normalized spacial score (nSPS) is 19.3. The van der Waals surface area contributed by atoms with E-state index in [1.54, 1.807) is 0 Å². The molecule has 0 aromatic heterocycles. The molecule has 0 atom stereocenters. The highest BCUT2D eigenvalue weighted by molar-refractivity contribution is 5.94. The number of anilines is 1. The van der Waals surface area contributed by atoms with E-state index in [0.29, 0.717) is 5.92 Å². The number of nitrogens with one attached hydrogen (secondary N) is 1. The minimum atomic E-state index is 0.0384. The summed E-state index contributed by atoms with van der Waals surface area (Å²) in [6, 6.07) is 8.18. The molecular weight excluding hydrogens is 240 g/mol. The average Bonchev–Trinajstić information content (AvgIpc) is 2.90. The van der Waals surface area contributed by atoms with Crippen LogP contribution in [0.5, 0.6) is 0 Å². The fourth-order valence-electron chi connectivity index (χ4n) is 2.83. The maximum absolute atomic E-state index is 12.2. The molecule has 1 N–H and O–H groups in total. The van der Waals surface area contributed by atoms with Gasteiger partial charge in [0.25, 0.3) is 0 Å². The molecule has 3 rings (SSSR count). The number of urea groups is 1. The van der Waals surface area contributed by atoms with Gasteiger partial charge in [-0.05, 0) is 36.8 Å². The third-order valence-corrected chi connectivity index (χ3v) is 4.02. The minimum Gasteiger partial charge on any atom is -0.381 e. The fourth-order valence-corrected chi connectivity index (χ4v) is 2.83. The molecule has 1 saturated heterocycles. The van der Waals surface area contributed by atoms with Gasteiger partial charge < -0.3 is 10.1 Å². The highest BCUT2D eigenvalue weighted by atomic mass is 16.5. The Morgan fingerprint density at radius 3 is 2.95 bits per heavy atom. The number of carbonyl (C=O) groups is 1. The second-order valence-corrected chi connectivity index (χ2v) is 5.27. The molecule has 2 aliphatic heterocycles. The lowest BCUT2D eigenvalue weighted by Gasteiger charge is -2.24. The summed E-state index contributed by atoms with van der Waals surface area (Å²) in [6.07, 6.45) is 3.06. The predicted molar refractivity (Wildman–Crippen MR) is 74.4 cm³/mol. The standard InChI is InChI=1S/C15H20N2O2/c18-15(16-11-12-6-9-19-10-7-12)17-8-5-13-3-1-2-4-14(13)17/h1-4,12H,5-11H2,(H,16,18). The number of ether oxygens (including phenoxy) is 1. The monoisotopic (exact) mass is 260 g/mol. The van der Waals surface area contributed by atoms with Gasteiger partial charge >= 0.3 is 6.03 Å². The molecule has 1 aromatic carbocycles. The molecule has 0 bridgehead atoms. The van der Waals surface area contributed by atoms with Gasteiger partial charge in [0.05, 0.1) is 0 Å². The van der Waals surface area contributed by atoms with E-state index >= 15 is 0 Å². The Morgan fingerprint density at radius 1 is 1.32 bits per heavy atom. The first-order valence-corrected chi connectivity index (χ1v) is 7.05. The van der Waals surface area contributed by atoms with Gasteiger partial charge in [0.2, 0.25) is 0 Å². The lowest BCUT2D eigenvalue weighted by Crippen LogP contribution is -2.41. The Hall–Kier alpha value is -1.55. The Bertz CT molecular complexity index is 455. The SMILES string of the molecule is O=C(NCC1CCOCC1)N1CCc2ccccc21. The van der Waals surface area contributed by atoms with E-state index in [0.717, 1.165) is 51.3 Å². The van der Waals surface area contributed by atoms with Gasteiger partial charge in [-0.25, -0.2) is 4.79 Å². The molecule has 0 spiro atoms. The molecule has 0 radical (unpaired) electrons. The second-order valence-electron chi connectivity index (χ2n) is 5.27. The molecule has 0 saturated carbocycles. The Kier molecular flexibility index (Phi) is 3.69. The van der Waals surface area contributed by atoms with Crippen LogP contribution in [0.3, 0.4) is 0 Å². The van der Waals surface area contributed by atoms with Crippen LogP contribution in [0.2, 0.25) is 0 Å². The van der Waals surface area contributed by atoms with E-state index in [-0.39, 0.29) is 6.03 Å². The molecule has 2 heterocycles. The summed E-state index contributed by atoms with van der Waals surface area (Å²) in [7, 11) is 0. The van der Waals surface area contributed by atoms with Crippen LogP contribution < -0.4 is 10.2 Å². The quantitative estimate of drug-likeness (QED) is 0.885. The van der Waals surface area contributed by atoms with Gasteiger partial charge in [0, 0.05) is 32.0 Å². The van der Waals surface area contributed by atoms with Gasteiger partial charge in [-0.3, -0.25) is 4.90 Å². The smallest absolute Gasteiger partial charge is 0.321 e. The fraction of sp³-hybridized carbons (Fsp3) is 0.533. The lowest BCUT2D eigenvalue weighted by molar-refractivity contribution is 0.0670. The number of benzene rings is 1. The molecule has 4 heteroatoms. The molecule has 0 aliphatic carbocycles. The molecule has 0 unspecified atom stereocenters. The molecule has 102 valence electrons. The Balaban J connectivity index is 1.56. The first-order chi connectivity index (χ1) is 9.34. The van der Waals surface area contributed by atoms with Crippen molar-refractivity contribution < 1.29 is 9.53 Å². The van der Waals surface area contributed by atoms with E-state index in [4.69, 9.17) is 4.74 Å². The third kappa shape index (κ3) is 2.73. The first-order valence-electron chi connectivity index (χ1n) is 7.05. The highest BCUT2D eigenvalue weighted by Gasteiger charge is 2.24. The summed E-state index contributed by atoms with van der Waals surface area (Å²) in [5, 5.41) is 3.07. The van der Waals surface area contributed by atoms with Gasteiger partial charge in [-0.15, -0.1) is 0 Å². The van der Waals surface area contributed by atoms with Gasteiger partial charge in [0.15, 0.2) is 0 Å². The Labute approximate surface area is 113 Å². The number of fused-ring (bicyclic) bond motifs is 1. The van der Waals surface area contributed by atoms with Gasteiger partial charge in [-0.1, -0.05) is 18.2 Å². The van der Waals surface area contributed by atoms with Crippen LogP contribution in [0.15, 0.2) is 24.3 Å². The molecule has 1 fully saturated rings. The van der Waals surface area contributed by atoms with Crippen molar-refractivity contribution >= 4 is 11.7 Å². The number of amides is 2. The topological polar surface area (TPSA) is 41.6 Å². The zero-order valence-corrected chi connectivity index (χ0v) is 11.1. The second kappa shape index (κ2) is 5.61. The number of nitrogens with zero attached hydrogens (tertiary/aromatic N) is 1. The number of hydrogen-bond donors (Lipinski definition) is 1. The molecule has 19 heavy (non-hydrogen) atoms. The summed E-state index contributed by atoms with van der Waals surface area (Å²) in [6.45, 7) is 3.21. The molecule has 2 amide bonds. The maximum atomic E-state index is 12.2. The summed E-state index contributed by atoms with van der Waals surface area (Å²) >= 11 is 0. The summed E-state index contributed by atoms with van der Waals surface area (Å²) in [4.78, 5) is 14.1. The number of rotatable bonds is 2. The maximum Gasteiger partial charge on any atom is 0.321 e. The average molecular weight is 260 g/mol. The van der Waals surface area contributed by atoms with E-state index in [1.165, 1.54) is 5.56 Å². The van der Waals surface area contributed by atoms with E-state index < -0.39 is 0 Å². The van der Waals surface area contributed by atoms with E-state index in [1.807, 2.05) is 23.1 Å². The van der Waals surface area contributed by atoms with Gasteiger partial charge in [-0.2, -0.15) is 0 Å². The molecule has 1 aromatic rings. The van der Waals surface area contributed by atoms with Crippen molar-refractivity contribution in [2.24, 2.45) is 5.92 Å². The lowest BCUT2D eigenvalue weighted by atomic mass is 10.0. The van der Waals surface area contributed by atoms with Crippen molar-refractivity contribution in [3.8, 4) is 0 Å². The minimum absolute atomic E-state index is 0.0384. The van der Waals surface area contributed by atoms with Crippen LogP contribution in [0, 0.1) is 5.92 Å². The van der Waals surface area contributed by atoms with Crippen LogP contribution in [0.25, 0.3) is 0 Å². The van der Waals surface area contributed by atoms with Crippen LogP contribution in [0.4, 0.5) is 10.5 Å². The predicted octanol–water partition coefficient (Wildman–Crippen LogP) is 2.19. The number of hydrogen-bond acceptors (Lipinski definition) is 2. The zero-order chi connectivity index (χ0) is 13.1. The van der Waals surface area contributed by atoms with E-state index in [9.17, 15) is 4.79 Å². The van der Waals surface area contributed by atoms with Gasteiger partial charge in [0.1, 0.15) is 0 Å². The Morgan fingerprint density at radius 2 is 2.11 bits per heavy atom. The van der Waals surface area contributed by atoms with Crippen LogP contribution in [-0.4, -0.2) is 32.3 Å². The number of para-hydroxylation sites is 1. The van der Waals surface area contributed by atoms with Crippen LogP contribution in [-0.2, 0) is 11.2 Å². The zero-order valence-electron chi connectivity index (χ0n) is 11.1. The van der Waals surface area contributed by atoms with Crippen molar-refractivity contribution in [3.05, 3.63) is 29.8 Å². The third-order valence-electron chi connectivity index (χ3n) is 4.02. The first kappa shape index (κ1) is 12.5. The summed E-state index contributed by atoms with van der Waals surface area (Å²) in [5.41, 5.74) is 2.33. The van der Waals surface area contributed by atoms with E-state index in [2.05, 4.69) is 11.4 Å². The summed E-state index contributed by atoms with van der Waals surface area (Å²) < 4.78 is 5.33. The number of carbonyl (C=O) groups excluding carboxylic acids is 1. The van der Waals surface area contributed by atoms with Crippen molar-refractivity contribution in [1.29, 1.82) is 0 Å². The van der Waals surface area contributed by atoms with Crippen molar-refractivity contribution in [2.45, 2.75) is 19.3 Å². The molecular formula is C15H20N2O2. The van der Waals surface area contributed by atoms with Crippen molar-refractivity contribution in [1.82, 2.24) is 5.32 Å². The highest BCUT2D eigenvalue weighted by Crippen LogP contribution is 2.27. The van der Waals surface area contributed by atoms with Crippen LogP contribution >= 0.6 is 0 Å². The van der Waals surface area contributed by atoms with Crippen molar-refractivity contribution in [2.75, 3.05) is 31.2 Å². The summed E-state index contributed by atoms with van der Waals surface area (Å²) in [5.74, 6) is 0.565. The molecule has 4 nitrogen and oxygen atoms in total.